The summed E-state index contributed by atoms with van der Waals surface area (Å²) in [5.41, 5.74) is 12.2. The highest BCUT2D eigenvalue weighted by atomic mass is 15.3. The average Bonchev–Trinajstić information content (AvgIpc) is 2.64. The van der Waals surface area contributed by atoms with Crippen LogP contribution in [-0.4, -0.2) is 9.78 Å². The molecule has 0 saturated carbocycles. The van der Waals surface area contributed by atoms with E-state index < -0.39 is 0 Å². The van der Waals surface area contributed by atoms with Crippen molar-refractivity contribution in [1.29, 1.82) is 0 Å². The van der Waals surface area contributed by atoms with Crippen LogP contribution in [0.25, 0.3) is 0 Å². The number of hydrogen-bond acceptors (Lipinski definition) is 2. The van der Waals surface area contributed by atoms with Crippen LogP contribution in [0.4, 0.5) is 0 Å². The third kappa shape index (κ3) is 2.87. The second-order valence-electron chi connectivity index (χ2n) is 5.25. The largest absolute Gasteiger partial charge is 0.324 e. The first kappa shape index (κ1) is 13.8. The summed E-state index contributed by atoms with van der Waals surface area (Å²) in [5.74, 6) is 0. The Labute approximate surface area is 115 Å². The summed E-state index contributed by atoms with van der Waals surface area (Å²) in [6.45, 7) is 9.20. The van der Waals surface area contributed by atoms with Gasteiger partial charge in [-0.05, 0) is 32.8 Å². The third-order valence-corrected chi connectivity index (χ3v) is 3.66. The lowest BCUT2D eigenvalue weighted by Crippen LogP contribution is -2.11. The Kier molecular flexibility index (Phi) is 4.05. The van der Waals surface area contributed by atoms with E-state index in [1.807, 2.05) is 6.92 Å². The Balaban J connectivity index is 2.32. The Morgan fingerprint density at radius 1 is 1.26 bits per heavy atom. The van der Waals surface area contributed by atoms with Crippen LogP contribution in [0, 0.1) is 20.8 Å². The molecule has 1 unspecified atom stereocenters. The maximum absolute atomic E-state index is 6.17. The van der Waals surface area contributed by atoms with E-state index in [1.54, 1.807) is 0 Å². The lowest BCUT2D eigenvalue weighted by atomic mass is 10.0. The molecule has 0 fully saturated rings. The molecule has 0 aliphatic carbocycles. The molecule has 0 aliphatic heterocycles. The summed E-state index contributed by atoms with van der Waals surface area (Å²) in [6.07, 6.45) is 0.942. The fourth-order valence-corrected chi connectivity index (χ4v) is 2.59. The normalized spacial score (nSPS) is 12.7. The van der Waals surface area contributed by atoms with E-state index in [2.05, 4.69) is 54.8 Å². The number of nitrogens with two attached hydrogens (primary N) is 1. The van der Waals surface area contributed by atoms with E-state index in [1.165, 1.54) is 22.4 Å². The summed E-state index contributed by atoms with van der Waals surface area (Å²) in [5, 5.41) is 4.64. The Hall–Kier alpha value is -1.61. The molecule has 3 heteroatoms. The number of benzene rings is 1. The molecule has 1 heterocycles. The van der Waals surface area contributed by atoms with Gasteiger partial charge in [0.05, 0.1) is 12.2 Å². The van der Waals surface area contributed by atoms with Crippen LogP contribution < -0.4 is 5.73 Å². The van der Waals surface area contributed by atoms with Gasteiger partial charge in [-0.25, -0.2) is 0 Å². The van der Waals surface area contributed by atoms with Gasteiger partial charge in [-0.2, -0.15) is 5.10 Å². The molecule has 0 radical (unpaired) electrons. The zero-order chi connectivity index (χ0) is 14.0. The number of hydrogen-bond donors (Lipinski definition) is 1. The predicted octanol–water partition coefficient (Wildman–Crippen LogP) is 3.27. The second-order valence-corrected chi connectivity index (χ2v) is 5.25. The highest BCUT2D eigenvalue weighted by Gasteiger charge is 2.16. The van der Waals surface area contributed by atoms with Crippen molar-refractivity contribution in [3.63, 3.8) is 0 Å². The van der Waals surface area contributed by atoms with Crippen molar-refractivity contribution in [2.45, 2.75) is 46.7 Å². The molecule has 2 aromatic rings. The van der Waals surface area contributed by atoms with Gasteiger partial charge in [0.1, 0.15) is 0 Å². The predicted molar refractivity (Wildman–Crippen MR) is 79.2 cm³/mol. The second kappa shape index (κ2) is 5.57. The molecule has 0 bridgehead atoms. The number of aromatic nitrogens is 2. The zero-order valence-corrected chi connectivity index (χ0v) is 12.3. The summed E-state index contributed by atoms with van der Waals surface area (Å²) >= 11 is 0. The van der Waals surface area contributed by atoms with Crippen LogP contribution in [0.15, 0.2) is 24.3 Å². The molecule has 1 aromatic heterocycles. The van der Waals surface area contributed by atoms with Crippen molar-refractivity contribution >= 4 is 0 Å². The minimum absolute atomic E-state index is 0.0891. The van der Waals surface area contributed by atoms with Crippen molar-refractivity contribution < 1.29 is 0 Å². The van der Waals surface area contributed by atoms with Crippen LogP contribution >= 0.6 is 0 Å². The van der Waals surface area contributed by atoms with E-state index >= 15 is 0 Å². The van der Waals surface area contributed by atoms with E-state index in [-0.39, 0.29) is 6.04 Å². The Morgan fingerprint density at radius 3 is 2.63 bits per heavy atom. The van der Waals surface area contributed by atoms with Gasteiger partial charge in [0.2, 0.25) is 0 Å². The molecule has 2 rings (SSSR count). The lowest BCUT2D eigenvalue weighted by molar-refractivity contribution is 0.650. The fourth-order valence-electron chi connectivity index (χ4n) is 2.59. The first-order chi connectivity index (χ1) is 9.02. The van der Waals surface area contributed by atoms with Crippen LogP contribution in [0.2, 0.25) is 0 Å². The van der Waals surface area contributed by atoms with Gasteiger partial charge in [0.25, 0.3) is 0 Å². The Morgan fingerprint density at radius 2 is 2.00 bits per heavy atom. The van der Waals surface area contributed by atoms with Gasteiger partial charge < -0.3 is 5.73 Å². The topological polar surface area (TPSA) is 43.8 Å². The highest BCUT2D eigenvalue weighted by molar-refractivity contribution is 5.29. The van der Waals surface area contributed by atoms with Crippen molar-refractivity contribution in [3.8, 4) is 0 Å². The van der Waals surface area contributed by atoms with E-state index in [4.69, 9.17) is 5.73 Å². The SMILES string of the molecule is CCC(N)c1c(C)nn(Cc2cccc(C)c2)c1C. The van der Waals surface area contributed by atoms with Gasteiger partial charge >= 0.3 is 0 Å². The zero-order valence-electron chi connectivity index (χ0n) is 12.3. The van der Waals surface area contributed by atoms with E-state index in [9.17, 15) is 0 Å². The molecule has 1 atom stereocenters. The molecule has 3 nitrogen and oxygen atoms in total. The van der Waals surface area contributed by atoms with Crippen LogP contribution in [0.1, 0.15) is 47.5 Å². The molecule has 0 amide bonds. The molecule has 0 saturated heterocycles. The lowest BCUT2D eigenvalue weighted by Gasteiger charge is -2.10. The van der Waals surface area contributed by atoms with Gasteiger partial charge in [-0.1, -0.05) is 36.8 Å². The van der Waals surface area contributed by atoms with Crippen molar-refractivity contribution in [2.24, 2.45) is 5.73 Å². The minimum atomic E-state index is 0.0891. The van der Waals surface area contributed by atoms with Gasteiger partial charge in [0, 0.05) is 17.3 Å². The molecular weight excluding hydrogens is 234 g/mol. The molecular formula is C16H23N3. The highest BCUT2D eigenvalue weighted by Crippen LogP contribution is 2.22. The molecule has 1 aromatic carbocycles. The van der Waals surface area contributed by atoms with Gasteiger partial charge in [-0.15, -0.1) is 0 Å². The van der Waals surface area contributed by atoms with Gasteiger partial charge in [-0.3, -0.25) is 4.68 Å². The van der Waals surface area contributed by atoms with Crippen molar-refractivity contribution in [2.75, 3.05) is 0 Å². The fraction of sp³-hybridized carbons (Fsp3) is 0.438. The maximum Gasteiger partial charge on any atom is 0.0662 e. The quantitative estimate of drug-likeness (QED) is 0.913. The monoisotopic (exact) mass is 257 g/mol. The molecule has 102 valence electrons. The first-order valence-electron chi connectivity index (χ1n) is 6.88. The van der Waals surface area contributed by atoms with Crippen LogP contribution in [0.3, 0.4) is 0 Å². The summed E-state index contributed by atoms with van der Waals surface area (Å²) < 4.78 is 2.06. The van der Waals surface area contributed by atoms with E-state index in [0.717, 1.165) is 18.7 Å². The smallest absolute Gasteiger partial charge is 0.0662 e. The molecule has 19 heavy (non-hydrogen) atoms. The summed E-state index contributed by atoms with van der Waals surface area (Å²) in [6, 6.07) is 8.64. The third-order valence-electron chi connectivity index (χ3n) is 3.66. The minimum Gasteiger partial charge on any atom is -0.324 e. The van der Waals surface area contributed by atoms with Crippen LogP contribution in [-0.2, 0) is 6.54 Å². The van der Waals surface area contributed by atoms with Crippen molar-refractivity contribution in [1.82, 2.24) is 9.78 Å². The van der Waals surface area contributed by atoms with Crippen molar-refractivity contribution in [3.05, 3.63) is 52.3 Å². The molecule has 2 N–H and O–H groups in total. The maximum atomic E-state index is 6.17. The first-order valence-corrected chi connectivity index (χ1v) is 6.88. The van der Waals surface area contributed by atoms with Gasteiger partial charge in [0.15, 0.2) is 0 Å². The summed E-state index contributed by atoms with van der Waals surface area (Å²) in [4.78, 5) is 0. The number of nitrogens with zero attached hydrogens (tertiary/aromatic N) is 2. The molecule has 0 spiro atoms. The number of rotatable bonds is 4. The standard InChI is InChI=1S/C16H23N3/c1-5-15(17)16-12(3)18-19(13(16)4)10-14-8-6-7-11(2)9-14/h6-9,15H,5,10,17H2,1-4H3. The number of aryl methyl sites for hydroxylation is 2. The Bertz CT molecular complexity index is 569. The van der Waals surface area contributed by atoms with E-state index in [0.29, 0.717) is 0 Å². The summed E-state index contributed by atoms with van der Waals surface area (Å²) in [7, 11) is 0. The average molecular weight is 257 g/mol. The molecule has 0 aliphatic rings. The van der Waals surface area contributed by atoms with Crippen LogP contribution in [0.5, 0.6) is 0 Å².